The number of benzene rings is 1. The van der Waals surface area contributed by atoms with E-state index in [1.807, 2.05) is 6.07 Å². The summed E-state index contributed by atoms with van der Waals surface area (Å²) < 4.78 is 2.17. The van der Waals surface area contributed by atoms with Crippen molar-refractivity contribution in [3.05, 3.63) is 42.1 Å². The lowest BCUT2D eigenvalue weighted by Gasteiger charge is -2.31. The first-order valence-electron chi connectivity index (χ1n) is 7.98. The third-order valence-electron chi connectivity index (χ3n) is 4.74. The quantitative estimate of drug-likeness (QED) is 0.790. The number of aryl methyl sites for hydroxylation is 1. The number of carboxylic acids is 1. The van der Waals surface area contributed by atoms with Gasteiger partial charge >= 0.3 is 5.97 Å². The van der Waals surface area contributed by atoms with Gasteiger partial charge in [0.05, 0.1) is 22.5 Å². The number of carbonyl (C=O) groups is 1. The number of hydrogen-bond donors (Lipinski definition) is 1. The minimum Gasteiger partial charge on any atom is -0.481 e. The summed E-state index contributed by atoms with van der Waals surface area (Å²) in [6.45, 7) is 3.54. The second-order valence-corrected chi connectivity index (χ2v) is 6.29. The molecular weight excluding hydrogens is 290 g/mol. The summed E-state index contributed by atoms with van der Waals surface area (Å²) in [5.41, 5.74) is 4.34. The van der Waals surface area contributed by atoms with E-state index in [9.17, 15) is 4.79 Å². The Morgan fingerprint density at radius 2 is 2.00 bits per heavy atom. The lowest BCUT2D eigenvalue weighted by Crippen LogP contribution is -2.37. The zero-order chi connectivity index (χ0) is 16.0. The van der Waals surface area contributed by atoms with Gasteiger partial charge in [-0.2, -0.15) is 0 Å². The molecule has 0 aliphatic carbocycles. The van der Waals surface area contributed by atoms with Crippen LogP contribution < -0.4 is 4.90 Å². The second kappa shape index (κ2) is 5.26. The van der Waals surface area contributed by atoms with E-state index in [0.29, 0.717) is 12.8 Å². The number of nitrogens with zero attached hydrogens (tertiary/aromatic N) is 3. The highest BCUT2D eigenvalue weighted by Gasteiger charge is 2.26. The van der Waals surface area contributed by atoms with Gasteiger partial charge in [0.15, 0.2) is 5.82 Å². The Morgan fingerprint density at radius 3 is 2.74 bits per heavy atom. The molecule has 0 atom stereocenters. The normalized spacial score (nSPS) is 16.3. The molecule has 3 heterocycles. The summed E-state index contributed by atoms with van der Waals surface area (Å²) in [5.74, 6) is 0.0493. The van der Waals surface area contributed by atoms with Gasteiger partial charge in [-0.15, -0.1) is 0 Å². The van der Waals surface area contributed by atoms with Crippen molar-refractivity contribution in [2.24, 2.45) is 5.92 Å². The van der Waals surface area contributed by atoms with Crippen molar-refractivity contribution < 1.29 is 9.90 Å². The summed E-state index contributed by atoms with van der Waals surface area (Å²) in [6.07, 6.45) is 3.41. The van der Waals surface area contributed by atoms with Crippen molar-refractivity contribution in [2.75, 3.05) is 18.0 Å². The molecule has 1 N–H and O–H groups in total. The fraction of sp³-hybridized carbons (Fsp3) is 0.333. The Balaban J connectivity index is 1.79. The molecule has 0 spiro atoms. The van der Waals surface area contributed by atoms with E-state index >= 15 is 0 Å². The Hall–Kier alpha value is -2.56. The maximum atomic E-state index is 11.1. The highest BCUT2D eigenvalue weighted by molar-refractivity contribution is 5.85. The van der Waals surface area contributed by atoms with Crippen molar-refractivity contribution in [1.82, 2.24) is 9.38 Å². The monoisotopic (exact) mass is 309 g/mol. The van der Waals surface area contributed by atoms with E-state index in [-0.39, 0.29) is 5.92 Å². The van der Waals surface area contributed by atoms with Crippen molar-refractivity contribution in [3.63, 3.8) is 0 Å². The van der Waals surface area contributed by atoms with E-state index in [1.54, 1.807) is 0 Å². The Morgan fingerprint density at radius 1 is 1.22 bits per heavy atom. The molecule has 0 unspecified atom stereocenters. The number of anilines is 1. The van der Waals surface area contributed by atoms with Crippen LogP contribution in [0.5, 0.6) is 0 Å². The second-order valence-electron chi connectivity index (χ2n) is 6.29. The highest BCUT2D eigenvalue weighted by Crippen LogP contribution is 2.29. The number of rotatable bonds is 2. The third kappa shape index (κ3) is 2.32. The number of fused-ring (bicyclic) bond motifs is 3. The molecule has 1 fully saturated rings. The molecule has 4 rings (SSSR count). The predicted octanol–water partition coefficient (Wildman–Crippen LogP) is 3.10. The molecule has 0 saturated carbocycles. The lowest BCUT2D eigenvalue weighted by atomic mass is 9.97. The molecule has 2 aromatic heterocycles. The number of hydrogen-bond acceptors (Lipinski definition) is 3. The fourth-order valence-corrected chi connectivity index (χ4v) is 3.44. The molecule has 3 aromatic rings. The van der Waals surface area contributed by atoms with Crippen molar-refractivity contribution in [3.8, 4) is 0 Å². The van der Waals surface area contributed by atoms with Gasteiger partial charge < -0.3 is 14.4 Å². The first kappa shape index (κ1) is 14.1. The summed E-state index contributed by atoms with van der Waals surface area (Å²) in [6, 6.07) is 10.4. The summed E-state index contributed by atoms with van der Waals surface area (Å²) >= 11 is 0. The average Bonchev–Trinajstić information content (AvgIpc) is 3.03. The Kier molecular flexibility index (Phi) is 3.22. The van der Waals surface area contributed by atoms with Gasteiger partial charge in [0, 0.05) is 19.3 Å². The van der Waals surface area contributed by atoms with Crippen LogP contribution in [0.3, 0.4) is 0 Å². The molecule has 118 valence electrons. The molecule has 5 heteroatoms. The van der Waals surface area contributed by atoms with Crippen LogP contribution in [-0.4, -0.2) is 33.6 Å². The van der Waals surface area contributed by atoms with Crippen molar-refractivity contribution in [2.45, 2.75) is 19.8 Å². The number of aromatic nitrogens is 2. The first-order chi connectivity index (χ1) is 11.1. The minimum absolute atomic E-state index is 0.225. The van der Waals surface area contributed by atoms with Crippen molar-refractivity contribution in [1.29, 1.82) is 0 Å². The number of piperidine rings is 1. The standard InChI is InChI=1S/C18H19N3O2/c1-12-4-5-15-14(11-12)19-17(16-3-2-8-21(15)16)20-9-6-13(7-10-20)18(22)23/h2-5,8,11,13H,6-7,9-10H2,1H3,(H,22,23). The molecule has 1 aromatic carbocycles. The van der Waals surface area contributed by atoms with Gasteiger partial charge in [-0.25, -0.2) is 4.98 Å². The van der Waals surface area contributed by atoms with Crippen molar-refractivity contribution >= 4 is 28.3 Å². The predicted molar refractivity (Wildman–Crippen MR) is 90.0 cm³/mol. The molecule has 23 heavy (non-hydrogen) atoms. The van der Waals surface area contributed by atoms with Gasteiger partial charge in [-0.1, -0.05) is 6.07 Å². The lowest BCUT2D eigenvalue weighted by molar-refractivity contribution is -0.142. The van der Waals surface area contributed by atoms with Crippen LogP contribution in [0, 0.1) is 12.8 Å². The van der Waals surface area contributed by atoms with Gasteiger partial charge in [0.2, 0.25) is 0 Å². The van der Waals surface area contributed by atoms with Crippen LogP contribution in [-0.2, 0) is 4.79 Å². The van der Waals surface area contributed by atoms with E-state index in [1.165, 1.54) is 5.56 Å². The molecule has 0 amide bonds. The SMILES string of the molecule is Cc1ccc2c(c1)nc(N1CCC(C(=O)O)CC1)c1cccn12. The Labute approximate surface area is 134 Å². The molecule has 1 saturated heterocycles. The molecule has 1 aliphatic heterocycles. The number of aliphatic carboxylic acids is 1. The summed E-state index contributed by atoms with van der Waals surface area (Å²) in [4.78, 5) is 18.2. The largest absolute Gasteiger partial charge is 0.481 e. The van der Waals surface area contributed by atoms with Crippen LogP contribution >= 0.6 is 0 Å². The maximum Gasteiger partial charge on any atom is 0.306 e. The van der Waals surface area contributed by atoms with E-state index < -0.39 is 5.97 Å². The molecule has 0 bridgehead atoms. The van der Waals surface area contributed by atoms with Gasteiger partial charge in [-0.05, 0) is 49.6 Å². The van der Waals surface area contributed by atoms with E-state index in [4.69, 9.17) is 10.1 Å². The van der Waals surface area contributed by atoms with Crippen LogP contribution in [0.4, 0.5) is 5.82 Å². The van der Waals surface area contributed by atoms with E-state index in [0.717, 1.165) is 35.5 Å². The molecule has 1 aliphatic rings. The van der Waals surface area contributed by atoms with Gasteiger partial charge in [0.25, 0.3) is 0 Å². The topological polar surface area (TPSA) is 57.8 Å². The van der Waals surface area contributed by atoms with Crippen LogP contribution in [0.2, 0.25) is 0 Å². The molecular formula is C18H19N3O2. The maximum absolute atomic E-state index is 11.1. The van der Waals surface area contributed by atoms with Gasteiger partial charge in [0.1, 0.15) is 0 Å². The zero-order valence-corrected chi connectivity index (χ0v) is 13.1. The van der Waals surface area contributed by atoms with Gasteiger partial charge in [-0.3, -0.25) is 4.79 Å². The van der Waals surface area contributed by atoms with Crippen LogP contribution in [0.1, 0.15) is 18.4 Å². The first-order valence-corrected chi connectivity index (χ1v) is 7.98. The Bertz CT molecular complexity index is 892. The average molecular weight is 309 g/mol. The zero-order valence-electron chi connectivity index (χ0n) is 13.1. The minimum atomic E-state index is -0.681. The van der Waals surface area contributed by atoms with Crippen LogP contribution in [0.15, 0.2) is 36.5 Å². The summed E-state index contributed by atoms with van der Waals surface area (Å²) in [5, 5.41) is 9.17. The molecule has 0 radical (unpaired) electrons. The fourth-order valence-electron chi connectivity index (χ4n) is 3.44. The third-order valence-corrected chi connectivity index (χ3v) is 4.74. The summed E-state index contributed by atoms with van der Waals surface area (Å²) in [7, 11) is 0. The molecule has 5 nitrogen and oxygen atoms in total. The number of carboxylic acid groups (broad SMARTS) is 1. The highest BCUT2D eigenvalue weighted by atomic mass is 16.4. The van der Waals surface area contributed by atoms with E-state index in [2.05, 4.69) is 46.7 Å². The van der Waals surface area contributed by atoms with Crippen LogP contribution in [0.25, 0.3) is 16.6 Å². The smallest absolute Gasteiger partial charge is 0.306 e.